The summed E-state index contributed by atoms with van der Waals surface area (Å²) in [5, 5.41) is 14.4. The molecule has 0 radical (unpaired) electrons. The summed E-state index contributed by atoms with van der Waals surface area (Å²) in [6, 6.07) is 16.0. The van der Waals surface area contributed by atoms with Gasteiger partial charge >= 0.3 is 12.1 Å². The lowest BCUT2D eigenvalue weighted by atomic mass is 9.90. The Labute approximate surface area is 179 Å². The molecule has 1 fully saturated rings. The molecule has 2 amide bonds. The molecule has 3 N–H and O–H groups in total. The fourth-order valence-corrected chi connectivity index (χ4v) is 4.23. The number of alkyl carbamates (subject to hydrolysis) is 1. The van der Waals surface area contributed by atoms with E-state index in [1.165, 1.54) is 0 Å². The van der Waals surface area contributed by atoms with Crippen molar-refractivity contribution in [1.29, 1.82) is 0 Å². The van der Waals surface area contributed by atoms with Crippen molar-refractivity contribution in [3.05, 3.63) is 59.7 Å². The molecule has 1 aliphatic heterocycles. The van der Waals surface area contributed by atoms with Gasteiger partial charge in [0.1, 0.15) is 18.7 Å². The molecule has 1 saturated heterocycles. The molecule has 0 aromatic heterocycles. The van der Waals surface area contributed by atoms with Gasteiger partial charge in [0.15, 0.2) is 0 Å². The number of carboxylic acid groups (broad SMARTS) is 1. The van der Waals surface area contributed by atoms with Gasteiger partial charge in [-0.3, -0.25) is 4.79 Å². The van der Waals surface area contributed by atoms with E-state index in [0.717, 1.165) is 22.3 Å². The third kappa shape index (κ3) is 4.25. The van der Waals surface area contributed by atoms with Gasteiger partial charge in [-0.05, 0) is 22.3 Å². The number of carbonyl (C=O) groups is 3. The summed E-state index contributed by atoms with van der Waals surface area (Å²) in [6.45, 7) is 0.281. The van der Waals surface area contributed by atoms with Gasteiger partial charge in [0.25, 0.3) is 0 Å². The summed E-state index contributed by atoms with van der Waals surface area (Å²) < 4.78 is 10.6. The Kier molecular flexibility index (Phi) is 5.90. The Morgan fingerprint density at radius 3 is 2.16 bits per heavy atom. The molecule has 31 heavy (non-hydrogen) atoms. The third-order valence-corrected chi connectivity index (χ3v) is 5.87. The monoisotopic (exact) mass is 424 g/mol. The Balaban J connectivity index is 1.32. The lowest BCUT2D eigenvalue weighted by Crippen LogP contribution is -2.59. The molecule has 1 heterocycles. The molecule has 2 aromatic rings. The lowest BCUT2D eigenvalue weighted by molar-refractivity contribution is -0.151. The van der Waals surface area contributed by atoms with E-state index in [1.54, 1.807) is 0 Å². The highest BCUT2D eigenvalue weighted by Gasteiger charge is 2.41. The molecule has 0 saturated carbocycles. The van der Waals surface area contributed by atoms with E-state index in [1.807, 2.05) is 48.5 Å². The summed E-state index contributed by atoms with van der Waals surface area (Å²) in [5.41, 5.74) is 3.08. The lowest BCUT2D eigenvalue weighted by Gasteiger charge is -2.33. The van der Waals surface area contributed by atoms with Crippen molar-refractivity contribution in [3.8, 4) is 11.1 Å². The second-order valence-electron chi connectivity index (χ2n) is 7.73. The minimum atomic E-state index is -1.36. The molecule has 8 nitrogen and oxygen atoms in total. The highest BCUT2D eigenvalue weighted by molar-refractivity contribution is 5.89. The van der Waals surface area contributed by atoms with Crippen LogP contribution < -0.4 is 10.6 Å². The topological polar surface area (TPSA) is 114 Å². The molecule has 4 rings (SSSR count). The minimum Gasteiger partial charge on any atom is -0.480 e. The molecular weight excluding hydrogens is 400 g/mol. The largest absolute Gasteiger partial charge is 0.480 e. The van der Waals surface area contributed by atoms with Crippen molar-refractivity contribution in [2.24, 2.45) is 0 Å². The first-order valence-electron chi connectivity index (χ1n) is 10.2. The van der Waals surface area contributed by atoms with Crippen molar-refractivity contribution in [3.63, 3.8) is 0 Å². The van der Waals surface area contributed by atoms with E-state index in [2.05, 4.69) is 10.6 Å². The van der Waals surface area contributed by atoms with E-state index in [9.17, 15) is 19.5 Å². The normalized spacial score (nSPS) is 16.6. The summed E-state index contributed by atoms with van der Waals surface area (Å²) >= 11 is 0. The Bertz CT molecular complexity index is 954. The van der Waals surface area contributed by atoms with E-state index < -0.39 is 23.5 Å². The maximum atomic E-state index is 12.2. The smallest absolute Gasteiger partial charge is 0.407 e. The number of ether oxygens (including phenoxy) is 2. The molecule has 8 heteroatoms. The Morgan fingerprint density at radius 2 is 1.58 bits per heavy atom. The van der Waals surface area contributed by atoms with Gasteiger partial charge in [-0.2, -0.15) is 0 Å². The molecule has 1 aliphatic carbocycles. The maximum absolute atomic E-state index is 12.2. The number of amides is 2. The van der Waals surface area contributed by atoms with Crippen LogP contribution in [0.25, 0.3) is 11.1 Å². The first-order valence-corrected chi connectivity index (χ1v) is 10.2. The fraction of sp³-hybridized carbons (Fsp3) is 0.348. The van der Waals surface area contributed by atoms with Crippen LogP contribution in [0.2, 0.25) is 0 Å². The van der Waals surface area contributed by atoms with Crippen LogP contribution in [0.5, 0.6) is 0 Å². The Hall–Kier alpha value is -3.39. The molecule has 0 bridgehead atoms. The summed E-state index contributed by atoms with van der Waals surface area (Å²) in [7, 11) is 0. The standard InChI is InChI=1S/C23H24N2O6/c26-20(25-23(21(27)28)9-11-30-12-10-23)13-24-22(29)31-14-19-17-7-3-1-5-15(17)16-6-2-4-8-18(16)19/h1-8,19H,9-14H2,(H,24,29)(H,25,26)(H,27,28). The number of carboxylic acids is 1. The van der Waals surface area contributed by atoms with Crippen LogP contribution in [0.4, 0.5) is 4.79 Å². The Morgan fingerprint density at radius 1 is 1.00 bits per heavy atom. The molecule has 0 atom stereocenters. The van der Waals surface area contributed by atoms with Crippen molar-refractivity contribution in [1.82, 2.24) is 10.6 Å². The predicted molar refractivity (Wildman–Crippen MR) is 112 cm³/mol. The van der Waals surface area contributed by atoms with Gasteiger partial charge in [0, 0.05) is 32.0 Å². The van der Waals surface area contributed by atoms with Crippen molar-refractivity contribution in [2.75, 3.05) is 26.4 Å². The molecular formula is C23H24N2O6. The summed E-state index contributed by atoms with van der Waals surface area (Å²) in [4.78, 5) is 36.0. The van der Waals surface area contributed by atoms with E-state index in [4.69, 9.17) is 9.47 Å². The van der Waals surface area contributed by atoms with Crippen molar-refractivity contribution < 1.29 is 29.0 Å². The average Bonchev–Trinajstić information content (AvgIpc) is 3.10. The van der Waals surface area contributed by atoms with Crippen LogP contribution in [-0.4, -0.2) is 55.0 Å². The SMILES string of the molecule is O=C(CNC(=O)OCC1c2ccccc2-c2ccccc21)NC1(C(=O)O)CCOCC1. The number of carbonyl (C=O) groups excluding carboxylic acids is 2. The number of hydrogen-bond donors (Lipinski definition) is 3. The molecule has 2 aromatic carbocycles. The number of nitrogens with one attached hydrogen (secondary N) is 2. The zero-order valence-electron chi connectivity index (χ0n) is 16.9. The van der Waals surface area contributed by atoms with Crippen LogP contribution in [0.15, 0.2) is 48.5 Å². The van der Waals surface area contributed by atoms with Crippen LogP contribution >= 0.6 is 0 Å². The van der Waals surface area contributed by atoms with E-state index in [-0.39, 0.29) is 45.1 Å². The average molecular weight is 424 g/mol. The van der Waals surface area contributed by atoms with Crippen LogP contribution in [-0.2, 0) is 19.1 Å². The van der Waals surface area contributed by atoms with Gasteiger partial charge in [-0.1, -0.05) is 48.5 Å². The first kappa shape index (κ1) is 20.9. The quantitative estimate of drug-likeness (QED) is 0.656. The van der Waals surface area contributed by atoms with Gasteiger partial charge in [0.2, 0.25) is 5.91 Å². The third-order valence-electron chi connectivity index (χ3n) is 5.87. The van der Waals surface area contributed by atoms with E-state index >= 15 is 0 Å². The van der Waals surface area contributed by atoms with Crippen molar-refractivity contribution >= 4 is 18.0 Å². The van der Waals surface area contributed by atoms with Crippen LogP contribution in [0, 0.1) is 0 Å². The number of fused-ring (bicyclic) bond motifs is 3. The number of aliphatic carboxylic acids is 1. The minimum absolute atomic E-state index is 0.0792. The number of benzene rings is 2. The summed E-state index contributed by atoms with van der Waals surface area (Å²) in [5.74, 6) is -1.77. The van der Waals surface area contributed by atoms with Gasteiger partial charge in [-0.25, -0.2) is 9.59 Å². The second-order valence-corrected chi connectivity index (χ2v) is 7.73. The zero-order valence-corrected chi connectivity index (χ0v) is 16.9. The van der Waals surface area contributed by atoms with Gasteiger partial charge < -0.3 is 25.2 Å². The predicted octanol–water partition coefficient (Wildman–Crippen LogP) is 2.28. The zero-order chi connectivity index (χ0) is 21.8. The summed E-state index contributed by atoms with van der Waals surface area (Å²) in [6.07, 6.45) is -0.369. The number of rotatable bonds is 6. The van der Waals surface area contributed by atoms with Crippen molar-refractivity contribution in [2.45, 2.75) is 24.3 Å². The highest BCUT2D eigenvalue weighted by Crippen LogP contribution is 2.44. The fourth-order valence-electron chi connectivity index (χ4n) is 4.23. The van der Waals surface area contributed by atoms with E-state index in [0.29, 0.717) is 0 Å². The second kappa shape index (κ2) is 8.77. The maximum Gasteiger partial charge on any atom is 0.407 e. The number of hydrogen-bond acceptors (Lipinski definition) is 5. The molecule has 2 aliphatic rings. The highest BCUT2D eigenvalue weighted by atomic mass is 16.5. The van der Waals surface area contributed by atoms with Crippen LogP contribution in [0.1, 0.15) is 29.9 Å². The first-order chi connectivity index (χ1) is 15.0. The van der Waals surface area contributed by atoms with Gasteiger partial charge in [-0.15, -0.1) is 0 Å². The van der Waals surface area contributed by atoms with Gasteiger partial charge in [0.05, 0.1) is 0 Å². The molecule has 162 valence electrons. The molecule has 0 unspecified atom stereocenters. The van der Waals surface area contributed by atoms with Crippen LogP contribution in [0.3, 0.4) is 0 Å². The molecule has 0 spiro atoms.